The number of nitrogens with zero attached hydrogens (tertiary/aromatic N) is 3. The average molecular weight is 609 g/mol. The second-order valence-corrected chi connectivity index (χ2v) is 9.89. The number of rotatable bonds is 5. The smallest absolute Gasteiger partial charge is 0.475 e. The summed E-state index contributed by atoms with van der Waals surface area (Å²) in [4.78, 5) is 40.6. The lowest BCUT2D eigenvalue weighted by Crippen LogP contribution is -2.40. The number of halogens is 6. The Morgan fingerprint density at radius 1 is 1.12 bits per heavy atom. The molecule has 4 rings (SSSR count). The second kappa shape index (κ2) is 13.0. The minimum absolute atomic E-state index is 0.00783. The number of aliphatic carboxylic acids is 1. The molecule has 2 aromatic heterocycles. The van der Waals surface area contributed by atoms with Crippen LogP contribution in [-0.2, 0) is 11.2 Å². The number of aliphatic hydroxyl groups excluding tert-OH is 1. The summed E-state index contributed by atoms with van der Waals surface area (Å²) < 4.78 is 48.0. The SMILES string of the molecule is CC(CO)N1CCCN(C(=O)c2cc(Cc3c[nH]c(=O)c4cc(Cl)c(Cl)n34)ccc2F)CC1.O=C(O)C(F)(F)F. The van der Waals surface area contributed by atoms with Gasteiger partial charge < -0.3 is 20.1 Å². The molecule has 3 N–H and O–H groups in total. The van der Waals surface area contributed by atoms with Crippen molar-refractivity contribution in [1.29, 1.82) is 0 Å². The largest absolute Gasteiger partial charge is 0.490 e. The molecule has 1 saturated heterocycles. The van der Waals surface area contributed by atoms with Crippen molar-refractivity contribution in [2.24, 2.45) is 0 Å². The van der Waals surface area contributed by atoms with Crippen LogP contribution in [0.25, 0.3) is 5.52 Å². The maximum atomic E-state index is 14.7. The molecule has 218 valence electrons. The Morgan fingerprint density at radius 2 is 1.80 bits per heavy atom. The molecule has 1 fully saturated rings. The molecule has 1 atom stereocenters. The van der Waals surface area contributed by atoms with Gasteiger partial charge in [0.15, 0.2) is 0 Å². The number of benzene rings is 1. The van der Waals surface area contributed by atoms with E-state index in [2.05, 4.69) is 9.88 Å². The van der Waals surface area contributed by atoms with Gasteiger partial charge in [-0.15, -0.1) is 0 Å². The molecule has 1 aliphatic heterocycles. The molecule has 15 heteroatoms. The second-order valence-electron chi connectivity index (χ2n) is 9.12. The predicted molar refractivity (Wildman–Crippen MR) is 140 cm³/mol. The fraction of sp³-hybridized carbons (Fsp3) is 0.400. The van der Waals surface area contributed by atoms with Gasteiger partial charge in [0.25, 0.3) is 11.5 Å². The van der Waals surface area contributed by atoms with Gasteiger partial charge in [0.1, 0.15) is 16.5 Å². The van der Waals surface area contributed by atoms with Gasteiger partial charge in [-0.05, 0) is 37.1 Å². The highest BCUT2D eigenvalue weighted by Gasteiger charge is 2.38. The summed E-state index contributed by atoms with van der Waals surface area (Å²) >= 11 is 12.4. The topological polar surface area (TPSA) is 118 Å². The number of carboxylic acids is 1. The molecular formula is C25H26Cl2F4N4O5. The Hall–Kier alpha value is -3.13. The monoisotopic (exact) mass is 608 g/mol. The van der Waals surface area contributed by atoms with Crippen LogP contribution in [0.2, 0.25) is 10.2 Å². The van der Waals surface area contributed by atoms with Crippen LogP contribution < -0.4 is 5.56 Å². The molecule has 1 aliphatic rings. The Labute approximate surface area is 235 Å². The lowest BCUT2D eigenvalue weighted by atomic mass is 10.0. The third-order valence-electron chi connectivity index (χ3n) is 6.38. The summed E-state index contributed by atoms with van der Waals surface area (Å²) in [5.41, 5.74) is 1.34. The first kappa shape index (κ1) is 31.4. The highest BCUT2D eigenvalue weighted by Crippen LogP contribution is 2.27. The lowest BCUT2D eigenvalue weighted by molar-refractivity contribution is -0.192. The van der Waals surface area contributed by atoms with Crippen molar-refractivity contribution >= 4 is 40.6 Å². The van der Waals surface area contributed by atoms with Gasteiger partial charge in [-0.25, -0.2) is 9.18 Å². The van der Waals surface area contributed by atoms with Gasteiger partial charge in [0.2, 0.25) is 0 Å². The van der Waals surface area contributed by atoms with Crippen molar-refractivity contribution in [2.45, 2.75) is 32.0 Å². The third kappa shape index (κ3) is 7.33. The first-order valence-electron chi connectivity index (χ1n) is 12.0. The van der Waals surface area contributed by atoms with E-state index in [-0.39, 0.29) is 39.9 Å². The number of fused-ring (bicyclic) bond motifs is 1. The fourth-order valence-corrected chi connectivity index (χ4v) is 4.69. The number of aromatic amines is 1. The molecule has 40 heavy (non-hydrogen) atoms. The molecule has 0 aliphatic carbocycles. The summed E-state index contributed by atoms with van der Waals surface area (Å²) in [6.07, 6.45) is -2.49. The van der Waals surface area contributed by atoms with E-state index in [0.717, 1.165) is 13.0 Å². The number of H-pyrrole nitrogens is 1. The number of hydrogen-bond acceptors (Lipinski definition) is 5. The van der Waals surface area contributed by atoms with Crippen LogP contribution in [0.3, 0.4) is 0 Å². The van der Waals surface area contributed by atoms with E-state index in [9.17, 15) is 32.3 Å². The van der Waals surface area contributed by atoms with E-state index in [4.69, 9.17) is 33.1 Å². The van der Waals surface area contributed by atoms with E-state index in [0.29, 0.717) is 42.8 Å². The average Bonchev–Trinajstić information content (AvgIpc) is 3.06. The van der Waals surface area contributed by atoms with E-state index >= 15 is 0 Å². The van der Waals surface area contributed by atoms with Gasteiger partial charge in [0.05, 0.1) is 17.2 Å². The molecule has 1 aromatic carbocycles. The number of nitrogens with one attached hydrogen (secondary N) is 1. The Morgan fingerprint density at radius 3 is 2.42 bits per heavy atom. The molecule has 1 unspecified atom stereocenters. The Bertz CT molecular complexity index is 1440. The first-order valence-corrected chi connectivity index (χ1v) is 12.8. The van der Waals surface area contributed by atoms with Gasteiger partial charge in [-0.3, -0.25) is 18.9 Å². The zero-order valence-corrected chi connectivity index (χ0v) is 22.7. The van der Waals surface area contributed by atoms with Gasteiger partial charge in [-0.2, -0.15) is 13.2 Å². The quantitative estimate of drug-likeness (QED) is 0.379. The number of amides is 1. The highest BCUT2D eigenvalue weighted by molar-refractivity contribution is 6.42. The van der Waals surface area contributed by atoms with Crippen LogP contribution in [-0.4, -0.2) is 86.3 Å². The summed E-state index contributed by atoms with van der Waals surface area (Å²) in [7, 11) is 0. The summed E-state index contributed by atoms with van der Waals surface area (Å²) in [5.74, 6) is -3.70. The van der Waals surface area contributed by atoms with Crippen molar-refractivity contribution in [3.63, 3.8) is 0 Å². The number of aromatic nitrogens is 2. The first-order chi connectivity index (χ1) is 18.7. The summed E-state index contributed by atoms with van der Waals surface area (Å²) in [5, 5.41) is 17.0. The predicted octanol–water partition coefficient (Wildman–Crippen LogP) is 3.83. The molecule has 0 saturated carbocycles. The van der Waals surface area contributed by atoms with Crippen LogP contribution in [0.15, 0.2) is 35.3 Å². The van der Waals surface area contributed by atoms with Crippen LogP contribution >= 0.6 is 23.2 Å². The molecule has 0 bridgehead atoms. The fourth-order valence-electron chi connectivity index (χ4n) is 4.24. The molecule has 0 radical (unpaired) electrons. The zero-order chi connectivity index (χ0) is 29.8. The van der Waals surface area contributed by atoms with Crippen molar-refractivity contribution in [3.8, 4) is 0 Å². The molecule has 0 spiro atoms. The Balaban J connectivity index is 0.000000559. The van der Waals surface area contributed by atoms with Gasteiger partial charge >= 0.3 is 12.1 Å². The van der Waals surface area contributed by atoms with E-state index in [1.54, 1.807) is 21.4 Å². The minimum atomic E-state index is -5.08. The van der Waals surface area contributed by atoms with E-state index in [1.807, 2.05) is 6.92 Å². The number of hydrogen-bond donors (Lipinski definition) is 3. The van der Waals surface area contributed by atoms with Crippen LogP contribution in [0.1, 0.15) is 35.0 Å². The van der Waals surface area contributed by atoms with E-state index < -0.39 is 18.0 Å². The normalized spacial score (nSPS) is 15.3. The molecule has 1 amide bonds. The zero-order valence-electron chi connectivity index (χ0n) is 21.1. The maximum Gasteiger partial charge on any atom is 0.490 e. The van der Waals surface area contributed by atoms with Crippen molar-refractivity contribution < 1.29 is 37.4 Å². The number of alkyl halides is 3. The third-order valence-corrected chi connectivity index (χ3v) is 7.14. The number of carbonyl (C=O) groups excluding carboxylic acids is 1. The van der Waals surface area contributed by atoms with Crippen LogP contribution in [0.4, 0.5) is 17.6 Å². The number of aliphatic hydroxyl groups is 1. The Kier molecular flexibility index (Phi) is 10.2. The number of carboxylic acid groups (broad SMARTS) is 1. The van der Waals surface area contributed by atoms with E-state index in [1.165, 1.54) is 18.3 Å². The maximum absolute atomic E-state index is 14.7. The van der Waals surface area contributed by atoms with Crippen LogP contribution in [0.5, 0.6) is 0 Å². The standard InChI is InChI=1S/C23H25Cl2FN4O3.C2HF3O2/c1-14(13-31)28-5-2-6-29(8-7-28)23(33)17-10-15(3-4-19(17)26)9-16-12-27-22(32)20-11-18(24)21(25)30(16)20;3-2(4,5)1(6)7/h3-4,10-12,14,31H,2,5-9,13H2,1H3,(H,27,32);(H,6,7). The van der Waals surface area contributed by atoms with Crippen molar-refractivity contribution in [1.82, 2.24) is 19.2 Å². The molecule has 3 aromatic rings. The summed E-state index contributed by atoms with van der Waals surface area (Å²) in [6, 6.07) is 5.95. The summed E-state index contributed by atoms with van der Waals surface area (Å²) in [6.45, 7) is 4.38. The lowest BCUT2D eigenvalue weighted by Gasteiger charge is -2.26. The van der Waals surface area contributed by atoms with Gasteiger partial charge in [-0.1, -0.05) is 29.3 Å². The van der Waals surface area contributed by atoms with Crippen molar-refractivity contribution in [2.75, 3.05) is 32.8 Å². The van der Waals surface area contributed by atoms with Crippen LogP contribution in [0, 0.1) is 5.82 Å². The molecular weight excluding hydrogens is 583 g/mol. The molecule has 9 nitrogen and oxygen atoms in total. The van der Waals surface area contributed by atoms with Gasteiger partial charge in [0, 0.05) is 50.5 Å². The highest BCUT2D eigenvalue weighted by atomic mass is 35.5. The van der Waals surface area contributed by atoms with Crippen molar-refractivity contribution in [3.05, 3.63) is 73.6 Å². The minimum Gasteiger partial charge on any atom is -0.475 e. The number of carbonyl (C=O) groups is 2. The molecule has 3 heterocycles.